The van der Waals surface area contributed by atoms with Gasteiger partial charge in [-0.1, -0.05) is 49.5 Å². The quantitative estimate of drug-likeness (QED) is 0.839. The highest BCUT2D eigenvalue weighted by Crippen LogP contribution is 2.24. The van der Waals surface area contributed by atoms with Gasteiger partial charge in [0.1, 0.15) is 5.92 Å². The molecule has 0 saturated heterocycles. The van der Waals surface area contributed by atoms with E-state index in [0.29, 0.717) is 6.42 Å². The third kappa shape index (κ3) is 4.47. The molecule has 1 aromatic rings. The van der Waals surface area contributed by atoms with Crippen LogP contribution < -0.4 is 0 Å². The molecule has 0 radical (unpaired) electrons. The fourth-order valence-corrected chi connectivity index (χ4v) is 2.97. The molecule has 0 aliphatic carbocycles. The smallest absolute Gasteiger partial charge is 0.320 e. The number of carboxylic acid groups (broad SMARTS) is 1. The summed E-state index contributed by atoms with van der Waals surface area (Å²) in [5.74, 6) is -2.04. The standard InChI is InChI=1S/C13H13NO2S2/c1-9(7-11(8-14)12(15)16)18-13(17)10-5-3-2-4-6-10/h2-6,9,11H,7H2,1H3,(H,15,16). The van der Waals surface area contributed by atoms with Gasteiger partial charge in [0.25, 0.3) is 0 Å². The van der Waals surface area contributed by atoms with Gasteiger partial charge in [0.15, 0.2) is 0 Å². The highest BCUT2D eigenvalue weighted by molar-refractivity contribution is 8.24. The van der Waals surface area contributed by atoms with E-state index in [2.05, 4.69) is 0 Å². The molecule has 2 atom stereocenters. The SMILES string of the molecule is CC(CC(C#N)C(=O)O)SC(=S)c1ccccc1. The molecule has 1 N–H and O–H groups in total. The summed E-state index contributed by atoms with van der Waals surface area (Å²) in [6.07, 6.45) is 0.295. The molecule has 0 saturated carbocycles. The molecule has 5 heteroatoms. The highest BCUT2D eigenvalue weighted by atomic mass is 32.2. The number of thiocarbonyl (C=S) groups is 1. The molecular weight excluding hydrogens is 266 g/mol. The summed E-state index contributed by atoms with van der Waals surface area (Å²) < 4.78 is 0.727. The van der Waals surface area contributed by atoms with Crippen LogP contribution in [0, 0.1) is 17.2 Å². The first-order valence-electron chi connectivity index (χ1n) is 5.43. The van der Waals surface area contributed by atoms with Gasteiger partial charge in [-0.05, 0) is 12.0 Å². The Hall–Kier alpha value is -1.38. The fourth-order valence-electron chi connectivity index (χ4n) is 1.41. The van der Waals surface area contributed by atoms with Crippen molar-refractivity contribution in [3.63, 3.8) is 0 Å². The first-order valence-corrected chi connectivity index (χ1v) is 6.72. The van der Waals surface area contributed by atoms with Crippen molar-refractivity contribution in [1.29, 1.82) is 5.26 Å². The van der Waals surface area contributed by atoms with Gasteiger partial charge in [0.2, 0.25) is 0 Å². The van der Waals surface area contributed by atoms with Crippen LogP contribution in [0.1, 0.15) is 18.9 Å². The Morgan fingerprint density at radius 3 is 2.61 bits per heavy atom. The summed E-state index contributed by atoms with van der Waals surface area (Å²) in [7, 11) is 0. The number of hydrogen-bond acceptors (Lipinski definition) is 4. The maximum Gasteiger partial charge on any atom is 0.320 e. The van der Waals surface area contributed by atoms with Crippen molar-refractivity contribution >= 4 is 34.1 Å². The van der Waals surface area contributed by atoms with E-state index in [4.69, 9.17) is 22.6 Å². The molecule has 0 aliphatic rings. The second kappa shape index (κ2) is 7.14. The molecule has 0 fully saturated rings. The van der Waals surface area contributed by atoms with Crippen molar-refractivity contribution < 1.29 is 9.90 Å². The van der Waals surface area contributed by atoms with Crippen LogP contribution >= 0.6 is 24.0 Å². The molecule has 3 nitrogen and oxygen atoms in total. The monoisotopic (exact) mass is 279 g/mol. The van der Waals surface area contributed by atoms with Crippen LogP contribution in [-0.2, 0) is 4.79 Å². The first-order chi connectivity index (χ1) is 8.54. The second-order valence-electron chi connectivity index (χ2n) is 3.84. The molecule has 0 heterocycles. The van der Waals surface area contributed by atoms with Crippen LogP contribution in [0.3, 0.4) is 0 Å². The Kier molecular flexibility index (Phi) is 5.83. The summed E-state index contributed by atoms with van der Waals surface area (Å²) in [6, 6.07) is 11.3. The Morgan fingerprint density at radius 1 is 1.50 bits per heavy atom. The number of carbonyl (C=O) groups is 1. The molecule has 1 aromatic carbocycles. The van der Waals surface area contributed by atoms with Crippen LogP contribution in [0.25, 0.3) is 0 Å². The zero-order valence-electron chi connectivity index (χ0n) is 9.87. The Balaban J connectivity index is 2.56. The molecule has 0 amide bonds. The maximum absolute atomic E-state index is 10.8. The van der Waals surface area contributed by atoms with Crippen molar-refractivity contribution in [1.82, 2.24) is 0 Å². The first kappa shape index (κ1) is 14.7. The van der Waals surface area contributed by atoms with E-state index in [0.717, 1.165) is 9.76 Å². The van der Waals surface area contributed by atoms with Gasteiger partial charge in [-0.15, -0.1) is 11.8 Å². The molecule has 0 aromatic heterocycles. The zero-order chi connectivity index (χ0) is 13.5. The number of carboxylic acids is 1. The molecule has 18 heavy (non-hydrogen) atoms. The Labute approximate surface area is 116 Å². The minimum atomic E-state index is -1.07. The van der Waals surface area contributed by atoms with E-state index in [9.17, 15) is 4.79 Å². The third-order valence-corrected chi connectivity index (χ3v) is 3.91. The summed E-state index contributed by atoms with van der Waals surface area (Å²) in [6.45, 7) is 1.88. The fraction of sp³-hybridized carbons (Fsp3) is 0.308. The summed E-state index contributed by atoms with van der Waals surface area (Å²) in [5.41, 5.74) is 0.952. The van der Waals surface area contributed by atoms with Gasteiger partial charge in [-0.25, -0.2) is 0 Å². The third-order valence-electron chi connectivity index (χ3n) is 2.34. The normalized spacial score (nSPS) is 13.3. The van der Waals surface area contributed by atoms with E-state index < -0.39 is 11.9 Å². The molecule has 2 unspecified atom stereocenters. The van der Waals surface area contributed by atoms with Crippen LogP contribution in [0.15, 0.2) is 30.3 Å². The lowest BCUT2D eigenvalue weighted by Gasteiger charge is -2.13. The lowest BCUT2D eigenvalue weighted by Crippen LogP contribution is -2.16. The van der Waals surface area contributed by atoms with Crippen molar-refractivity contribution in [2.45, 2.75) is 18.6 Å². The number of hydrogen-bond donors (Lipinski definition) is 1. The minimum Gasteiger partial charge on any atom is -0.480 e. The highest BCUT2D eigenvalue weighted by Gasteiger charge is 2.21. The Bertz CT molecular complexity index is 468. The average Bonchev–Trinajstić information content (AvgIpc) is 2.36. The molecule has 0 spiro atoms. The largest absolute Gasteiger partial charge is 0.480 e. The summed E-state index contributed by atoms with van der Waals surface area (Å²) in [5, 5.41) is 17.5. The predicted octanol–water partition coefficient (Wildman–Crippen LogP) is 3.10. The zero-order valence-corrected chi connectivity index (χ0v) is 11.5. The molecule has 94 valence electrons. The Morgan fingerprint density at radius 2 is 2.11 bits per heavy atom. The van der Waals surface area contributed by atoms with Gasteiger partial charge in [-0.2, -0.15) is 5.26 Å². The molecule has 0 bridgehead atoms. The van der Waals surface area contributed by atoms with Gasteiger partial charge in [0.05, 0.1) is 10.3 Å². The lowest BCUT2D eigenvalue weighted by atomic mass is 10.1. The van der Waals surface area contributed by atoms with Crippen LogP contribution in [0.2, 0.25) is 0 Å². The second-order valence-corrected chi connectivity index (χ2v) is 5.95. The molecule has 1 rings (SSSR count). The summed E-state index contributed by atoms with van der Waals surface area (Å²) in [4.78, 5) is 10.8. The van der Waals surface area contributed by atoms with E-state index in [-0.39, 0.29) is 5.25 Å². The van der Waals surface area contributed by atoms with E-state index in [1.807, 2.05) is 37.3 Å². The van der Waals surface area contributed by atoms with Gasteiger partial charge < -0.3 is 5.11 Å². The lowest BCUT2D eigenvalue weighted by molar-refractivity contribution is -0.139. The molecular formula is C13H13NO2S2. The maximum atomic E-state index is 10.8. The van der Waals surface area contributed by atoms with Crippen LogP contribution in [0.4, 0.5) is 0 Å². The number of aliphatic carboxylic acids is 1. The average molecular weight is 279 g/mol. The predicted molar refractivity (Wildman–Crippen MR) is 76.6 cm³/mol. The van der Waals surface area contributed by atoms with E-state index in [1.54, 1.807) is 6.07 Å². The van der Waals surface area contributed by atoms with Gasteiger partial charge in [-0.3, -0.25) is 4.79 Å². The van der Waals surface area contributed by atoms with Crippen molar-refractivity contribution in [2.24, 2.45) is 5.92 Å². The van der Waals surface area contributed by atoms with Crippen molar-refractivity contribution in [2.75, 3.05) is 0 Å². The van der Waals surface area contributed by atoms with Crippen LogP contribution in [0.5, 0.6) is 0 Å². The number of rotatable bonds is 5. The van der Waals surface area contributed by atoms with Crippen molar-refractivity contribution in [3.05, 3.63) is 35.9 Å². The number of thioether (sulfide) groups is 1. The van der Waals surface area contributed by atoms with E-state index in [1.165, 1.54) is 11.8 Å². The summed E-state index contributed by atoms with van der Waals surface area (Å²) >= 11 is 6.71. The number of benzene rings is 1. The van der Waals surface area contributed by atoms with E-state index >= 15 is 0 Å². The number of nitriles is 1. The van der Waals surface area contributed by atoms with Crippen molar-refractivity contribution in [3.8, 4) is 6.07 Å². The topological polar surface area (TPSA) is 61.1 Å². The minimum absolute atomic E-state index is 0.00143. The number of nitrogens with zero attached hydrogens (tertiary/aromatic N) is 1. The van der Waals surface area contributed by atoms with Gasteiger partial charge in [0, 0.05) is 5.25 Å². The molecule has 0 aliphatic heterocycles. The van der Waals surface area contributed by atoms with Gasteiger partial charge >= 0.3 is 5.97 Å². The van der Waals surface area contributed by atoms with Crippen LogP contribution in [-0.4, -0.2) is 20.5 Å².